The SMILES string of the molecule is [NH]C(CCNC(CC[N+]1CCC1C(=O)O)C(=O)O)C(=O)O. The second kappa shape index (κ2) is 7.91. The lowest BCUT2D eigenvalue weighted by Gasteiger charge is -2.27. The van der Waals surface area contributed by atoms with Gasteiger partial charge in [-0.3, -0.25) is 9.59 Å². The molecule has 1 fully saturated rings. The van der Waals surface area contributed by atoms with E-state index in [9.17, 15) is 14.4 Å². The van der Waals surface area contributed by atoms with Gasteiger partial charge in [-0.05, 0) is 13.0 Å². The summed E-state index contributed by atoms with van der Waals surface area (Å²) in [4.78, 5) is 34.1. The first-order valence-electron chi connectivity index (χ1n) is 6.70. The summed E-state index contributed by atoms with van der Waals surface area (Å²) >= 11 is 0. The third-order valence-electron chi connectivity index (χ3n) is 3.54. The molecule has 2 radical (unpaired) electrons. The van der Waals surface area contributed by atoms with Gasteiger partial charge in [0.25, 0.3) is 0 Å². The van der Waals surface area contributed by atoms with Crippen LogP contribution in [0.25, 0.3) is 0 Å². The van der Waals surface area contributed by atoms with Crippen LogP contribution in [-0.2, 0) is 14.4 Å². The quantitative estimate of drug-likeness (QED) is 0.360. The fraction of sp³-hybridized carbons (Fsp3) is 0.750. The molecule has 0 bridgehead atoms. The van der Waals surface area contributed by atoms with Gasteiger partial charge in [0.2, 0.25) is 6.04 Å². The standard InChI is InChI=1S/C12H20N3O6/c13-7(10(16)17)1-4-14-8(11(18)19)2-5-15-6-3-9(15)12(20)21/h7-9,13-14H,1-6H2,(H,16,17)(H,18,19)(H,20,21)/q+1. The van der Waals surface area contributed by atoms with Crippen molar-refractivity contribution < 1.29 is 29.7 Å². The third-order valence-corrected chi connectivity index (χ3v) is 3.54. The summed E-state index contributed by atoms with van der Waals surface area (Å²) in [5.41, 5.74) is 7.20. The molecule has 1 heterocycles. The molecule has 1 aliphatic rings. The van der Waals surface area contributed by atoms with E-state index in [1.165, 1.54) is 0 Å². The number of likely N-dealkylation sites (tertiary alicyclic amines) is 1. The molecule has 0 aromatic carbocycles. The molecule has 1 aliphatic heterocycles. The van der Waals surface area contributed by atoms with Crippen LogP contribution in [0.15, 0.2) is 0 Å². The maximum absolute atomic E-state index is 11.1. The van der Waals surface area contributed by atoms with Gasteiger partial charge in [0.05, 0.1) is 6.42 Å². The van der Waals surface area contributed by atoms with E-state index in [0.717, 1.165) is 0 Å². The number of aliphatic carboxylic acids is 3. The molecule has 0 amide bonds. The molecule has 9 nitrogen and oxygen atoms in total. The number of hydrogen-bond acceptors (Lipinski definition) is 5. The van der Waals surface area contributed by atoms with Gasteiger partial charge in [-0.15, -0.1) is 0 Å². The van der Waals surface area contributed by atoms with Gasteiger partial charge >= 0.3 is 17.9 Å². The van der Waals surface area contributed by atoms with Gasteiger partial charge in [-0.25, -0.2) is 10.5 Å². The Morgan fingerprint density at radius 2 is 1.86 bits per heavy atom. The van der Waals surface area contributed by atoms with Gasteiger partial charge in [0, 0.05) is 6.42 Å². The molecule has 0 aromatic rings. The fourth-order valence-electron chi connectivity index (χ4n) is 2.12. The number of carboxylic acids is 3. The molecular formula is C12H20N3O6+. The molecule has 1 rings (SSSR count). The van der Waals surface area contributed by atoms with Crippen LogP contribution >= 0.6 is 0 Å². The number of carbonyl (C=O) groups is 3. The topological polar surface area (TPSA) is 154 Å². The molecule has 1 saturated heterocycles. The van der Waals surface area contributed by atoms with Crippen LogP contribution in [0.4, 0.5) is 0 Å². The molecule has 5 N–H and O–H groups in total. The number of hydrogen-bond donors (Lipinski definition) is 4. The molecule has 0 aromatic heterocycles. The van der Waals surface area contributed by atoms with E-state index in [4.69, 9.17) is 21.1 Å². The van der Waals surface area contributed by atoms with Crippen LogP contribution in [0.1, 0.15) is 19.3 Å². The van der Waals surface area contributed by atoms with Crippen LogP contribution in [-0.4, -0.2) is 71.0 Å². The Kier molecular flexibility index (Phi) is 6.53. The van der Waals surface area contributed by atoms with Crippen molar-refractivity contribution in [2.24, 2.45) is 0 Å². The Labute approximate surface area is 121 Å². The van der Waals surface area contributed by atoms with Crippen LogP contribution in [0.3, 0.4) is 0 Å². The Hall–Kier alpha value is -1.71. The predicted molar refractivity (Wildman–Crippen MR) is 71.1 cm³/mol. The predicted octanol–water partition coefficient (Wildman–Crippen LogP) is -1.46. The van der Waals surface area contributed by atoms with Crippen molar-refractivity contribution >= 4 is 17.9 Å². The largest absolute Gasteiger partial charge is 0.480 e. The average molecular weight is 302 g/mol. The summed E-state index contributed by atoms with van der Waals surface area (Å²) < 4.78 is 0. The zero-order valence-corrected chi connectivity index (χ0v) is 11.5. The Morgan fingerprint density at radius 1 is 1.19 bits per heavy atom. The minimum absolute atomic E-state index is 0.0145. The molecule has 3 atom stereocenters. The number of nitrogens with one attached hydrogen (secondary N) is 2. The van der Waals surface area contributed by atoms with Gasteiger partial charge in [-0.1, -0.05) is 0 Å². The molecule has 0 spiro atoms. The zero-order chi connectivity index (χ0) is 16.0. The first kappa shape index (κ1) is 17.3. The number of rotatable bonds is 10. The zero-order valence-electron chi connectivity index (χ0n) is 11.5. The van der Waals surface area contributed by atoms with Gasteiger partial charge in [-0.2, -0.15) is 4.90 Å². The van der Waals surface area contributed by atoms with Crippen molar-refractivity contribution in [3.8, 4) is 0 Å². The van der Waals surface area contributed by atoms with Crippen molar-refractivity contribution in [3.63, 3.8) is 0 Å². The number of carboxylic acid groups (broad SMARTS) is 3. The van der Waals surface area contributed by atoms with Gasteiger partial charge in [0.1, 0.15) is 25.2 Å². The second-order valence-electron chi connectivity index (χ2n) is 4.99. The molecule has 0 aliphatic carbocycles. The minimum Gasteiger partial charge on any atom is -0.480 e. The Balaban J connectivity index is 2.32. The van der Waals surface area contributed by atoms with E-state index < -0.39 is 36.0 Å². The smallest absolute Gasteiger partial charge is 0.367 e. The van der Waals surface area contributed by atoms with Crippen molar-refractivity contribution in [2.45, 2.75) is 37.4 Å². The summed E-state index contributed by atoms with van der Waals surface area (Å²) in [5.74, 6) is -3.22. The Morgan fingerprint density at radius 3 is 2.29 bits per heavy atom. The maximum Gasteiger partial charge on any atom is 0.367 e. The number of nitrogens with zero attached hydrogens (tertiary/aromatic N) is 1. The normalized spacial score (nSPS) is 21.3. The van der Waals surface area contributed by atoms with Gasteiger partial charge in [0.15, 0.2) is 0 Å². The monoisotopic (exact) mass is 302 g/mol. The van der Waals surface area contributed by atoms with E-state index in [-0.39, 0.29) is 19.4 Å². The second-order valence-corrected chi connectivity index (χ2v) is 4.99. The molecule has 3 unspecified atom stereocenters. The first-order valence-corrected chi connectivity index (χ1v) is 6.70. The summed E-state index contributed by atoms with van der Waals surface area (Å²) in [6.07, 6.45) is 0.815. The highest BCUT2D eigenvalue weighted by atomic mass is 16.4. The molecule has 118 valence electrons. The van der Waals surface area contributed by atoms with E-state index in [1.807, 2.05) is 0 Å². The van der Waals surface area contributed by atoms with Crippen molar-refractivity contribution in [1.29, 1.82) is 0 Å². The molecule has 21 heavy (non-hydrogen) atoms. The summed E-state index contributed by atoms with van der Waals surface area (Å²) in [6.45, 7) is 1.10. The molecular weight excluding hydrogens is 282 g/mol. The highest BCUT2D eigenvalue weighted by molar-refractivity contribution is 5.75. The van der Waals surface area contributed by atoms with Crippen molar-refractivity contribution in [2.75, 3.05) is 19.6 Å². The maximum atomic E-state index is 11.1. The molecule has 0 saturated carbocycles. The fourth-order valence-corrected chi connectivity index (χ4v) is 2.12. The lowest BCUT2D eigenvalue weighted by atomic mass is 10.0. The van der Waals surface area contributed by atoms with Crippen molar-refractivity contribution in [1.82, 2.24) is 16.0 Å². The minimum atomic E-state index is -1.28. The Bertz CT molecular complexity index is 402. The van der Waals surface area contributed by atoms with E-state index >= 15 is 0 Å². The highest BCUT2D eigenvalue weighted by Gasteiger charge is 2.44. The van der Waals surface area contributed by atoms with Crippen LogP contribution in [0.5, 0.6) is 0 Å². The van der Waals surface area contributed by atoms with E-state index in [1.54, 1.807) is 4.90 Å². The van der Waals surface area contributed by atoms with Crippen LogP contribution in [0, 0.1) is 0 Å². The van der Waals surface area contributed by atoms with E-state index in [2.05, 4.69) is 5.32 Å². The van der Waals surface area contributed by atoms with Gasteiger partial charge < -0.3 is 20.6 Å². The van der Waals surface area contributed by atoms with E-state index in [0.29, 0.717) is 19.5 Å². The van der Waals surface area contributed by atoms with Crippen LogP contribution in [0.2, 0.25) is 0 Å². The molecule has 9 heteroatoms. The summed E-state index contributed by atoms with van der Waals surface area (Å²) in [6, 6.07) is -2.69. The first-order chi connectivity index (χ1) is 9.82. The summed E-state index contributed by atoms with van der Waals surface area (Å²) in [5, 5.41) is 29.2. The van der Waals surface area contributed by atoms with Crippen molar-refractivity contribution in [3.05, 3.63) is 0 Å². The van der Waals surface area contributed by atoms with Crippen LogP contribution < -0.4 is 16.0 Å². The average Bonchev–Trinajstić information content (AvgIpc) is 2.34. The lowest BCUT2D eigenvalue weighted by Crippen LogP contribution is -2.58. The summed E-state index contributed by atoms with van der Waals surface area (Å²) in [7, 11) is 0. The lowest BCUT2D eigenvalue weighted by molar-refractivity contribution is -0.144. The highest BCUT2D eigenvalue weighted by Crippen LogP contribution is 2.14. The third kappa shape index (κ3) is 5.29.